The van der Waals surface area contributed by atoms with Crippen molar-refractivity contribution < 1.29 is 31.1 Å². The number of alkyl halides is 3. The molecule has 2 rings (SSSR count). The van der Waals surface area contributed by atoms with Crippen LogP contribution >= 0.6 is 15.9 Å². The molecule has 0 fully saturated rings. The van der Waals surface area contributed by atoms with Crippen molar-refractivity contribution >= 4 is 27.3 Å². The minimum atomic E-state index is -4.97. The fourth-order valence-corrected chi connectivity index (χ4v) is 2.24. The summed E-state index contributed by atoms with van der Waals surface area (Å²) in [6, 6.07) is 4.62. The van der Waals surface area contributed by atoms with Crippen molar-refractivity contribution in [3.8, 4) is 23.6 Å². The van der Waals surface area contributed by atoms with Crippen LogP contribution in [0.3, 0.4) is 0 Å². The molecule has 2 aromatic carbocycles. The molecule has 0 spiro atoms. The van der Waals surface area contributed by atoms with Crippen LogP contribution in [0.25, 0.3) is 0 Å². The zero-order chi connectivity index (χ0) is 21.1. The monoisotopic (exact) mass is 462 g/mol. The fraction of sp³-hybridized carbons (Fsp3) is 0.0625. The Morgan fingerprint density at radius 2 is 1.57 bits per heavy atom. The molecule has 0 aliphatic heterocycles. The van der Waals surface area contributed by atoms with E-state index in [0.29, 0.717) is 6.07 Å². The average molecular weight is 463 g/mol. The molecule has 0 aliphatic carbocycles. The molecule has 1 N–H and O–H groups in total. The molecule has 0 bridgehead atoms. The Hall–Kier alpha value is -3.25. The van der Waals surface area contributed by atoms with Crippen LogP contribution in [0.1, 0.15) is 5.56 Å². The minimum Gasteiger partial charge on any atom is -0.450 e. The molecule has 28 heavy (non-hydrogen) atoms. The fourth-order valence-electron chi connectivity index (χ4n) is 1.81. The summed E-state index contributed by atoms with van der Waals surface area (Å²) in [7, 11) is 0. The van der Waals surface area contributed by atoms with Crippen LogP contribution in [0, 0.1) is 40.1 Å². The maximum Gasteiger partial charge on any atom is 0.416 e. The van der Waals surface area contributed by atoms with Gasteiger partial charge in [0.1, 0.15) is 17.9 Å². The highest BCUT2D eigenvalue weighted by molar-refractivity contribution is 9.10. The maximum absolute atomic E-state index is 14.1. The molecular formula is C16H5BrF6N4O. The van der Waals surface area contributed by atoms with Crippen molar-refractivity contribution in [2.75, 3.05) is 5.43 Å². The Labute approximate surface area is 161 Å². The Balaban J connectivity index is 2.36. The SMILES string of the molecule is N#CC(C#N)=NNc1cc(Br)c(Oc2c(F)cc(C(F)(F)F)cc2F)cc1F. The topological polar surface area (TPSA) is 81.2 Å². The first-order valence-electron chi connectivity index (χ1n) is 6.93. The van der Waals surface area contributed by atoms with Crippen LogP contribution in [-0.4, -0.2) is 5.71 Å². The van der Waals surface area contributed by atoms with Crippen molar-refractivity contribution in [1.82, 2.24) is 0 Å². The van der Waals surface area contributed by atoms with E-state index in [2.05, 4.69) is 26.5 Å². The lowest BCUT2D eigenvalue weighted by molar-refractivity contribution is -0.138. The molecule has 0 aromatic heterocycles. The Morgan fingerprint density at radius 1 is 1.00 bits per heavy atom. The predicted molar refractivity (Wildman–Crippen MR) is 87.8 cm³/mol. The number of nitriles is 2. The summed E-state index contributed by atoms with van der Waals surface area (Å²) in [5.74, 6) is -5.95. The van der Waals surface area contributed by atoms with E-state index >= 15 is 0 Å². The second-order valence-corrected chi connectivity index (χ2v) is 5.78. The standard InChI is InChI=1S/C16H5BrF6N4O/c17-9-3-13(27-26-8(5-24)6-25)10(18)4-14(9)28-15-11(19)1-7(2-12(15)20)16(21,22)23/h1-4,27H. The van der Waals surface area contributed by atoms with Gasteiger partial charge in [0.25, 0.3) is 0 Å². The van der Waals surface area contributed by atoms with E-state index in [4.69, 9.17) is 15.3 Å². The molecule has 12 heteroatoms. The van der Waals surface area contributed by atoms with Gasteiger partial charge >= 0.3 is 6.18 Å². The lowest BCUT2D eigenvalue weighted by Crippen LogP contribution is -2.07. The van der Waals surface area contributed by atoms with Crippen LogP contribution in [0.4, 0.5) is 32.0 Å². The van der Waals surface area contributed by atoms with E-state index in [0.717, 1.165) is 6.07 Å². The summed E-state index contributed by atoms with van der Waals surface area (Å²) in [6.07, 6.45) is -4.97. The number of hydrogen-bond acceptors (Lipinski definition) is 5. The molecule has 0 heterocycles. The van der Waals surface area contributed by atoms with Gasteiger partial charge in [0.15, 0.2) is 23.2 Å². The number of anilines is 1. The molecule has 0 amide bonds. The molecule has 0 saturated heterocycles. The van der Waals surface area contributed by atoms with E-state index in [1.807, 2.05) is 0 Å². The van der Waals surface area contributed by atoms with Gasteiger partial charge in [-0.2, -0.15) is 28.8 Å². The summed E-state index contributed by atoms with van der Waals surface area (Å²) < 4.78 is 84.3. The summed E-state index contributed by atoms with van der Waals surface area (Å²) in [4.78, 5) is 0. The Bertz CT molecular complexity index is 1000. The Kier molecular flexibility index (Phi) is 6.16. The first-order valence-corrected chi connectivity index (χ1v) is 7.73. The third kappa shape index (κ3) is 4.72. The molecule has 5 nitrogen and oxygen atoms in total. The zero-order valence-electron chi connectivity index (χ0n) is 13.2. The second kappa shape index (κ2) is 8.19. The van der Waals surface area contributed by atoms with Gasteiger partial charge in [-0.05, 0) is 34.1 Å². The quantitative estimate of drug-likeness (QED) is 0.370. The number of hydrazone groups is 1. The van der Waals surface area contributed by atoms with Crippen LogP contribution in [-0.2, 0) is 6.18 Å². The van der Waals surface area contributed by atoms with E-state index in [-0.39, 0.29) is 22.3 Å². The summed E-state index contributed by atoms with van der Waals surface area (Å²) in [5.41, 5.74) is -0.366. The van der Waals surface area contributed by atoms with E-state index < -0.39 is 46.4 Å². The van der Waals surface area contributed by atoms with Crippen molar-refractivity contribution in [3.63, 3.8) is 0 Å². The highest BCUT2D eigenvalue weighted by atomic mass is 79.9. The van der Waals surface area contributed by atoms with Crippen LogP contribution in [0.5, 0.6) is 11.5 Å². The first-order chi connectivity index (χ1) is 13.1. The average Bonchev–Trinajstić information content (AvgIpc) is 2.61. The van der Waals surface area contributed by atoms with Crippen molar-refractivity contribution in [3.05, 3.63) is 51.8 Å². The third-order valence-electron chi connectivity index (χ3n) is 3.06. The van der Waals surface area contributed by atoms with E-state index in [1.54, 1.807) is 0 Å². The summed E-state index contributed by atoms with van der Waals surface area (Å²) in [5, 5.41) is 20.4. The lowest BCUT2D eigenvalue weighted by Gasteiger charge is -2.13. The highest BCUT2D eigenvalue weighted by Gasteiger charge is 2.33. The zero-order valence-corrected chi connectivity index (χ0v) is 14.8. The molecule has 0 radical (unpaired) electrons. The highest BCUT2D eigenvalue weighted by Crippen LogP contribution is 2.38. The van der Waals surface area contributed by atoms with Gasteiger partial charge < -0.3 is 4.74 Å². The van der Waals surface area contributed by atoms with Gasteiger partial charge in [0, 0.05) is 6.07 Å². The van der Waals surface area contributed by atoms with Gasteiger partial charge in [-0.1, -0.05) is 0 Å². The van der Waals surface area contributed by atoms with E-state index in [1.165, 1.54) is 12.1 Å². The molecule has 0 saturated carbocycles. The van der Waals surface area contributed by atoms with Gasteiger partial charge in [-0.15, -0.1) is 0 Å². The van der Waals surface area contributed by atoms with Gasteiger partial charge in [-0.3, -0.25) is 5.43 Å². The minimum absolute atomic E-state index is 0.0403. The van der Waals surface area contributed by atoms with Crippen LogP contribution < -0.4 is 10.2 Å². The first kappa shape index (κ1) is 21.1. The number of benzene rings is 2. The van der Waals surface area contributed by atoms with Gasteiger partial charge in [0.05, 0.1) is 15.7 Å². The third-order valence-corrected chi connectivity index (χ3v) is 3.68. The number of ether oxygens (including phenoxy) is 1. The molecule has 0 atom stereocenters. The number of nitrogens with zero attached hydrogens (tertiary/aromatic N) is 3. The Morgan fingerprint density at radius 3 is 2.07 bits per heavy atom. The maximum atomic E-state index is 14.1. The number of nitrogens with one attached hydrogen (secondary N) is 1. The number of hydrogen-bond donors (Lipinski definition) is 1. The van der Waals surface area contributed by atoms with Crippen LogP contribution in [0.15, 0.2) is 33.8 Å². The van der Waals surface area contributed by atoms with E-state index in [9.17, 15) is 26.3 Å². The van der Waals surface area contributed by atoms with Crippen molar-refractivity contribution in [2.24, 2.45) is 5.10 Å². The largest absolute Gasteiger partial charge is 0.450 e. The second-order valence-electron chi connectivity index (χ2n) is 4.93. The smallest absolute Gasteiger partial charge is 0.416 e. The van der Waals surface area contributed by atoms with Gasteiger partial charge in [-0.25, -0.2) is 13.2 Å². The summed E-state index contributed by atoms with van der Waals surface area (Å²) >= 11 is 2.94. The molecule has 0 aliphatic rings. The van der Waals surface area contributed by atoms with Crippen LogP contribution in [0.2, 0.25) is 0 Å². The van der Waals surface area contributed by atoms with Crippen molar-refractivity contribution in [1.29, 1.82) is 10.5 Å². The molecule has 0 unspecified atom stereocenters. The number of halogens is 7. The normalized spacial score (nSPS) is 10.6. The number of rotatable bonds is 4. The summed E-state index contributed by atoms with van der Waals surface area (Å²) in [6.45, 7) is 0. The van der Waals surface area contributed by atoms with Crippen molar-refractivity contribution in [2.45, 2.75) is 6.18 Å². The van der Waals surface area contributed by atoms with Gasteiger partial charge in [0.2, 0.25) is 5.71 Å². The molecule has 144 valence electrons. The lowest BCUT2D eigenvalue weighted by atomic mass is 10.2. The molecule has 2 aromatic rings. The molecular weight excluding hydrogens is 458 g/mol. The predicted octanol–water partition coefficient (Wildman–Crippen LogP) is 5.49.